The Hall–Kier alpha value is -16.6. The highest BCUT2D eigenvalue weighted by molar-refractivity contribution is 7.18. The van der Waals surface area contributed by atoms with E-state index in [-0.39, 0.29) is 0 Å². The number of hydrogen-bond acceptors (Lipinski definition) is 17. The number of allylic oxidation sites excluding steroid dienone is 6. The minimum atomic E-state index is 0.606. The number of benzene rings is 11. The van der Waals surface area contributed by atoms with Crippen molar-refractivity contribution >= 4 is 93.5 Å². The fourth-order valence-electron chi connectivity index (χ4n) is 15.3. The van der Waals surface area contributed by atoms with E-state index in [0.29, 0.717) is 5.89 Å². The van der Waals surface area contributed by atoms with Gasteiger partial charge in [0.1, 0.15) is 28.4 Å². The van der Waals surface area contributed by atoms with Crippen LogP contribution in [-0.4, -0.2) is 68.4 Å². The van der Waals surface area contributed by atoms with Gasteiger partial charge in [-0.25, -0.2) is 15.0 Å². The molecule has 0 spiro atoms. The van der Waals surface area contributed by atoms with Gasteiger partial charge in [0.15, 0.2) is 17.1 Å². The van der Waals surface area contributed by atoms with Crippen LogP contribution in [0.2, 0.25) is 0 Å². The average Bonchev–Trinajstić information content (AvgIpc) is 1.63. The molecule has 19 nitrogen and oxygen atoms in total. The molecule has 27 rings (SSSR count). The first-order valence-electron chi connectivity index (χ1n) is 48.3. The summed E-state index contributed by atoms with van der Waals surface area (Å²) in [5.41, 5.74) is 32.5. The molecule has 4 aliphatic heterocycles. The zero-order chi connectivity index (χ0) is 102. The number of aryl methyl sites for hydroxylation is 14. The van der Waals surface area contributed by atoms with Crippen LogP contribution in [0.5, 0.6) is 11.5 Å². The topological polar surface area (TPSA) is 246 Å². The number of rotatable bonds is 0. The van der Waals surface area contributed by atoms with E-state index >= 15 is 0 Å². The summed E-state index contributed by atoms with van der Waals surface area (Å²) in [6.45, 7) is 41.9. The van der Waals surface area contributed by atoms with Gasteiger partial charge in [0, 0.05) is 109 Å². The standard InChI is InChI=1S/C10H10.2C9H9N.C9H10O.C9H8O.C9H10O.C8H8N2.2C8H7NO.C8H7NS.C8H11N.C7H9N.C7H8.2C6H7N.C3H4N2O/c1-8-5-6-9-3-2-4-10(9)7-8;2*1-7-3-2-4-8-5-6-10-9(7)8;2*1-7-2-3-9-8(6-7)4-5-10-9;1-7-2-3-8-4-5-10-9(8)6-7;1-6-9-7-4-2-3-5-8(7)10-6;1-6-3-2-4-7-5-9-10-8(6)7;2*1-6-9-7-4-2-3-5-8(7)10-6;1-5-4-9-6(2)8-3-7(5)8;1-6-3-4-7(2)8-5-6;1-7-5-3-2-4-6-7;1-6-3-2-4-7-5-6;1-6-4-2-3-5-7-6;1-3-5-4-2-6-3/h2,4-7H,3H2,1H3;2*2-6,10H,1H3;2-3,6H,4-5H2,1H3;2-6H,1H3;2-3,6H,4-5H2,1H3;2-5H,1H3,(H,9,10);3*2-5H,1H3;4,7-9H,2-3H2,1H3;3-5,8H,2H2,1H3;2-6H,1H3;2*2-5H,1H3;2H,1H3. The van der Waals surface area contributed by atoms with E-state index in [2.05, 4.69) is 285 Å². The summed E-state index contributed by atoms with van der Waals surface area (Å²) in [4.78, 5) is 30.1. The van der Waals surface area contributed by atoms with Gasteiger partial charge >= 0.3 is 0 Å². The third-order valence-electron chi connectivity index (χ3n) is 23.1. The van der Waals surface area contributed by atoms with Crippen LogP contribution < -0.4 is 20.1 Å². The van der Waals surface area contributed by atoms with Crippen LogP contribution in [0.15, 0.2) is 413 Å². The van der Waals surface area contributed by atoms with Crippen LogP contribution in [0, 0.1) is 109 Å². The van der Waals surface area contributed by atoms with Gasteiger partial charge in [-0.15, -0.1) is 21.5 Å². The normalized spacial score (nSPS) is 13.1. The lowest BCUT2D eigenvalue weighted by Gasteiger charge is -2.11. The lowest BCUT2D eigenvalue weighted by Crippen LogP contribution is -2.12. The van der Waals surface area contributed by atoms with E-state index in [4.69, 9.17) is 22.8 Å². The molecular weight excluding hydrogens is 1800 g/mol. The summed E-state index contributed by atoms with van der Waals surface area (Å²) in [5, 5.41) is 22.7. The Kier molecular flexibility index (Phi) is 40.9. The summed E-state index contributed by atoms with van der Waals surface area (Å²) in [6.07, 6.45) is 31.1. The van der Waals surface area contributed by atoms with E-state index in [1.165, 1.54) is 128 Å². The smallest absolute Gasteiger partial charge is 0.213 e. The third kappa shape index (κ3) is 34.7. The highest BCUT2D eigenvalue weighted by atomic mass is 32.1. The molecule has 20 heteroatoms. The van der Waals surface area contributed by atoms with E-state index in [1.807, 2.05) is 237 Å². The summed E-state index contributed by atoms with van der Waals surface area (Å²) in [6, 6.07) is 94.2. The number of para-hydroxylation sites is 8. The minimum absolute atomic E-state index is 0.606. The number of H-pyrrole nitrogens is 3. The predicted molar refractivity (Wildman–Crippen MR) is 595 cm³/mol. The van der Waals surface area contributed by atoms with Crippen LogP contribution in [0.3, 0.4) is 0 Å². The Morgan fingerprint density at radius 3 is 1.67 bits per heavy atom. The first kappa shape index (κ1) is 106. The lowest BCUT2D eigenvalue weighted by molar-refractivity contribution is 0.356. The molecule has 0 amide bonds. The molecule has 14 heterocycles. The number of nitrogens with zero attached hydrogens (tertiary/aromatic N) is 8. The molecule has 0 bridgehead atoms. The molecule has 11 aromatic carbocycles. The van der Waals surface area contributed by atoms with Crippen molar-refractivity contribution in [3.05, 3.63) is 496 Å². The van der Waals surface area contributed by atoms with Crippen LogP contribution >= 0.6 is 11.3 Å². The van der Waals surface area contributed by atoms with Crippen molar-refractivity contribution in [2.75, 3.05) is 13.2 Å². The predicted octanol–water partition coefficient (Wildman–Crippen LogP) is 31.2. The van der Waals surface area contributed by atoms with Crippen molar-refractivity contribution in [3.8, 4) is 11.5 Å². The number of thiazole rings is 1. The summed E-state index contributed by atoms with van der Waals surface area (Å²) >= 11 is 1.74. The quantitative estimate of drug-likeness (QED) is 0.0947. The highest BCUT2D eigenvalue weighted by Gasteiger charge is 2.42. The number of nitrogens with one attached hydrogen (secondary N) is 5. The summed E-state index contributed by atoms with van der Waals surface area (Å²) in [7, 11) is 0. The maximum absolute atomic E-state index is 5.38. The molecule has 5 N–H and O–H groups in total. The van der Waals surface area contributed by atoms with Gasteiger partial charge in [0.25, 0.3) is 0 Å². The van der Waals surface area contributed by atoms with Gasteiger partial charge in [-0.3, -0.25) is 9.97 Å². The number of dihydropyridines is 1. The molecule has 1 saturated carbocycles. The van der Waals surface area contributed by atoms with Gasteiger partial charge in [-0.05, 0) is 298 Å². The van der Waals surface area contributed by atoms with E-state index in [9.17, 15) is 0 Å². The molecule has 734 valence electrons. The number of furan rings is 1. The maximum Gasteiger partial charge on any atom is 0.213 e. The Morgan fingerprint density at radius 1 is 0.431 bits per heavy atom. The minimum Gasteiger partial charge on any atom is -0.493 e. The second-order valence-electron chi connectivity index (χ2n) is 35.3. The first-order chi connectivity index (χ1) is 69.8. The van der Waals surface area contributed by atoms with Crippen molar-refractivity contribution < 1.29 is 27.2 Å². The van der Waals surface area contributed by atoms with Crippen molar-refractivity contribution in [2.24, 2.45) is 11.8 Å². The zero-order valence-electron chi connectivity index (χ0n) is 85.4. The van der Waals surface area contributed by atoms with Gasteiger partial charge in [-0.2, -0.15) is 0 Å². The number of oxazole rings is 1. The second kappa shape index (κ2) is 55.4. The number of hydrogen-bond donors (Lipinski definition) is 5. The van der Waals surface area contributed by atoms with E-state index < -0.39 is 0 Å². The van der Waals surface area contributed by atoms with Crippen molar-refractivity contribution in [2.45, 2.75) is 136 Å². The summed E-state index contributed by atoms with van der Waals surface area (Å²) in [5.74, 6) is 6.08. The third-order valence-corrected chi connectivity index (χ3v) is 24.0. The number of pyridine rings is 2. The Morgan fingerprint density at radius 2 is 1.07 bits per heavy atom. The maximum atomic E-state index is 5.38. The van der Waals surface area contributed by atoms with Crippen LogP contribution in [0.1, 0.15) is 121 Å². The molecular formula is C124H131N13O6S. The van der Waals surface area contributed by atoms with Crippen LogP contribution in [0.25, 0.3) is 82.2 Å². The van der Waals surface area contributed by atoms with Crippen LogP contribution in [0.4, 0.5) is 0 Å². The molecule has 1 fully saturated rings. The first-order valence-corrected chi connectivity index (χ1v) is 49.1. The van der Waals surface area contributed by atoms with Gasteiger partial charge in [0.05, 0.1) is 51.9 Å². The zero-order valence-corrected chi connectivity index (χ0v) is 86.2. The van der Waals surface area contributed by atoms with E-state index in [0.717, 1.165) is 134 Å². The van der Waals surface area contributed by atoms with Crippen molar-refractivity contribution in [1.29, 1.82) is 0 Å². The number of ether oxygens (including phenoxy) is 2. The molecule has 2 aliphatic carbocycles. The molecule has 0 saturated heterocycles. The molecule has 0 radical (unpaired) electrons. The average molecular weight is 1930 g/mol. The van der Waals surface area contributed by atoms with Crippen molar-refractivity contribution in [3.63, 3.8) is 0 Å². The monoisotopic (exact) mass is 1930 g/mol. The fourth-order valence-corrected chi connectivity index (χ4v) is 16.1. The second-order valence-corrected chi connectivity index (χ2v) is 36.5. The van der Waals surface area contributed by atoms with Crippen molar-refractivity contribution in [1.82, 2.24) is 65.9 Å². The molecule has 6 aliphatic rings. The van der Waals surface area contributed by atoms with Gasteiger partial charge < -0.3 is 52.8 Å². The summed E-state index contributed by atoms with van der Waals surface area (Å²) < 4.78 is 32.0. The largest absolute Gasteiger partial charge is 0.493 e. The highest BCUT2D eigenvalue weighted by Crippen LogP contribution is 2.49. The molecule has 21 aromatic rings. The van der Waals surface area contributed by atoms with Gasteiger partial charge in [0.2, 0.25) is 12.3 Å². The molecule has 10 aromatic heterocycles. The fraction of sp³-hybridized carbons (Fsp3) is 0.194. The number of imidazole rings is 1. The van der Waals surface area contributed by atoms with E-state index in [1.54, 1.807) is 43.1 Å². The Bertz CT molecular complexity index is 7080. The lowest BCUT2D eigenvalue weighted by atomic mass is 10.1. The van der Waals surface area contributed by atoms with Gasteiger partial charge in [-0.1, -0.05) is 240 Å². The molecule has 144 heavy (non-hydrogen) atoms. The molecule has 2 unspecified atom stereocenters. The Labute approximate surface area is 849 Å². The molecule has 2 atom stereocenters. The number of fused-ring (bicyclic) bond motifs is 11. The van der Waals surface area contributed by atoms with Crippen LogP contribution in [-0.2, 0) is 19.3 Å². The SMILES string of the molecule is C=C1C=CC(C)=CN1.C=C1NC=C(C)C2CC12.Cc1ccc2c(c1)C=CC2.Cc1ccc2c(c1)CCO2.Cc1ccc2c(c1)OCC2.Cc1ccc2occc2c1.Cc1cccc2cc[nH]c12.Cc1cccc2cc[nH]c12.Cc1cccc2cnoc12.Cc1ccccc1.Cc1ccccn1.Cc1cccnc1.Cc1nc2ccccc2[nH]1.Cc1nc2ccccc2o1.Cc1nc2ccccc2s1.Cc1nnco1. The Balaban J connectivity index is 0.000000137. The number of aromatic amines is 3. The number of aromatic nitrogens is 11.